The van der Waals surface area contributed by atoms with Crippen LogP contribution in [0, 0.1) is 3.70 Å². The summed E-state index contributed by atoms with van der Waals surface area (Å²) in [7, 11) is 0. The smallest absolute Gasteiger partial charge is 0.272 e. The minimum Gasteiger partial charge on any atom is -0.346 e. The zero-order valence-corrected chi connectivity index (χ0v) is 16.1. The van der Waals surface area contributed by atoms with E-state index in [0.717, 1.165) is 25.2 Å². The van der Waals surface area contributed by atoms with Crippen LogP contribution in [0.4, 0.5) is 0 Å². The second-order valence-corrected chi connectivity index (χ2v) is 7.70. The second kappa shape index (κ2) is 6.97. The number of carbonyl (C=O) groups excluding carboxylic acids is 1. The molecule has 0 fully saturated rings. The Balaban J connectivity index is 1.63. The van der Waals surface area contributed by atoms with Crippen LogP contribution in [0.25, 0.3) is 16.6 Å². The van der Waals surface area contributed by atoms with Gasteiger partial charge in [0.1, 0.15) is 3.70 Å². The third-order valence-corrected chi connectivity index (χ3v) is 5.51. The average Bonchev–Trinajstić information content (AvgIpc) is 3.30. The van der Waals surface area contributed by atoms with E-state index in [9.17, 15) is 4.79 Å². The van der Waals surface area contributed by atoms with Crippen molar-refractivity contribution in [3.8, 4) is 11.1 Å². The van der Waals surface area contributed by atoms with Crippen LogP contribution in [-0.4, -0.2) is 15.5 Å². The van der Waals surface area contributed by atoms with Crippen molar-refractivity contribution in [1.29, 1.82) is 0 Å². The first-order chi connectivity index (χ1) is 12.2. The number of nitrogens with one attached hydrogen (secondary N) is 1. The Morgan fingerprint density at radius 3 is 2.68 bits per heavy atom. The first kappa shape index (κ1) is 16.3. The lowest BCUT2D eigenvalue weighted by molar-refractivity contribution is 0.0946. The minimum atomic E-state index is -0.158. The van der Waals surface area contributed by atoms with Crippen molar-refractivity contribution in [1.82, 2.24) is 14.9 Å². The van der Waals surface area contributed by atoms with Gasteiger partial charge in [-0.2, -0.15) is 5.10 Å². The standard InChI is InChI=1S/C19H14IN3OS/c20-18-10-14(13-5-2-1-3-6-13)9-15-11-17(22-23(15)18)19(24)21-12-16-7-4-8-25-16/h1-11H,12H2,(H,21,24). The molecule has 1 N–H and O–H groups in total. The van der Waals surface area contributed by atoms with Gasteiger partial charge in [0, 0.05) is 4.88 Å². The van der Waals surface area contributed by atoms with Crippen molar-refractivity contribution in [2.45, 2.75) is 6.54 Å². The molecule has 0 aliphatic heterocycles. The number of amides is 1. The van der Waals surface area contributed by atoms with Crippen molar-refractivity contribution in [2.24, 2.45) is 0 Å². The summed E-state index contributed by atoms with van der Waals surface area (Å²) in [5.41, 5.74) is 3.60. The number of benzene rings is 1. The molecule has 4 nitrogen and oxygen atoms in total. The lowest BCUT2D eigenvalue weighted by Crippen LogP contribution is -2.22. The van der Waals surface area contributed by atoms with Crippen LogP contribution in [0.5, 0.6) is 0 Å². The van der Waals surface area contributed by atoms with E-state index < -0.39 is 0 Å². The molecule has 1 aromatic carbocycles. The molecule has 4 rings (SSSR count). The molecule has 3 heterocycles. The summed E-state index contributed by atoms with van der Waals surface area (Å²) in [6, 6.07) is 20.1. The fourth-order valence-electron chi connectivity index (χ4n) is 2.64. The van der Waals surface area contributed by atoms with Crippen molar-refractivity contribution >= 4 is 45.4 Å². The van der Waals surface area contributed by atoms with E-state index in [1.807, 2.05) is 41.8 Å². The third kappa shape index (κ3) is 3.45. The van der Waals surface area contributed by atoms with Crippen molar-refractivity contribution in [2.75, 3.05) is 0 Å². The Labute approximate surface area is 162 Å². The number of aromatic nitrogens is 2. The van der Waals surface area contributed by atoms with E-state index in [1.54, 1.807) is 15.9 Å². The molecule has 0 spiro atoms. The van der Waals surface area contributed by atoms with Gasteiger partial charge in [-0.15, -0.1) is 11.3 Å². The van der Waals surface area contributed by atoms with Gasteiger partial charge in [-0.25, -0.2) is 4.52 Å². The molecule has 0 aliphatic rings. The van der Waals surface area contributed by atoms with Gasteiger partial charge >= 0.3 is 0 Å². The third-order valence-electron chi connectivity index (χ3n) is 3.86. The normalized spacial score (nSPS) is 10.9. The van der Waals surface area contributed by atoms with Crippen molar-refractivity contribution in [3.05, 3.63) is 80.3 Å². The van der Waals surface area contributed by atoms with E-state index in [2.05, 4.69) is 57.3 Å². The number of nitrogens with zero attached hydrogens (tertiary/aromatic N) is 2. The van der Waals surface area contributed by atoms with Gasteiger partial charge in [-0.3, -0.25) is 4.79 Å². The predicted molar refractivity (Wildman–Crippen MR) is 109 cm³/mol. The average molecular weight is 459 g/mol. The highest BCUT2D eigenvalue weighted by atomic mass is 127. The van der Waals surface area contributed by atoms with E-state index in [0.29, 0.717) is 12.2 Å². The minimum absolute atomic E-state index is 0.158. The fourth-order valence-corrected chi connectivity index (χ4v) is 4.01. The highest BCUT2D eigenvalue weighted by Gasteiger charge is 2.13. The molecule has 1 amide bonds. The summed E-state index contributed by atoms with van der Waals surface area (Å²) in [5, 5.41) is 9.37. The predicted octanol–water partition coefficient (Wildman–Crippen LogP) is 4.60. The van der Waals surface area contributed by atoms with Gasteiger partial charge in [0.05, 0.1) is 12.1 Å². The van der Waals surface area contributed by atoms with Gasteiger partial charge in [0.15, 0.2) is 5.69 Å². The van der Waals surface area contributed by atoms with Gasteiger partial charge in [0.2, 0.25) is 0 Å². The highest BCUT2D eigenvalue weighted by molar-refractivity contribution is 14.1. The first-order valence-corrected chi connectivity index (χ1v) is 9.72. The molecule has 0 saturated carbocycles. The Morgan fingerprint density at radius 2 is 1.92 bits per heavy atom. The topological polar surface area (TPSA) is 46.4 Å². The SMILES string of the molecule is O=C(NCc1cccs1)c1cc2cc(-c3ccccc3)cc(I)n2n1. The van der Waals surface area contributed by atoms with E-state index in [1.165, 1.54) is 0 Å². The number of pyridine rings is 1. The quantitative estimate of drug-likeness (QED) is 0.358. The van der Waals surface area contributed by atoms with Crippen LogP contribution in [0.1, 0.15) is 15.4 Å². The summed E-state index contributed by atoms with van der Waals surface area (Å²) in [6.45, 7) is 0.525. The van der Waals surface area contributed by atoms with Crippen LogP contribution < -0.4 is 5.32 Å². The maximum atomic E-state index is 12.4. The molecule has 0 aliphatic carbocycles. The Hall–Kier alpha value is -2.19. The van der Waals surface area contributed by atoms with E-state index in [-0.39, 0.29) is 5.91 Å². The molecule has 0 atom stereocenters. The van der Waals surface area contributed by atoms with Crippen molar-refractivity contribution in [3.63, 3.8) is 0 Å². The molecule has 124 valence electrons. The molecular formula is C19H14IN3OS. The second-order valence-electron chi connectivity index (χ2n) is 5.56. The molecule has 0 unspecified atom stereocenters. The Bertz CT molecular complexity index is 1030. The van der Waals surface area contributed by atoms with Crippen LogP contribution in [0.15, 0.2) is 66.0 Å². The lowest BCUT2D eigenvalue weighted by Gasteiger charge is -2.04. The van der Waals surface area contributed by atoms with Gasteiger partial charge in [-0.05, 0) is 63.4 Å². The van der Waals surface area contributed by atoms with Crippen LogP contribution in [-0.2, 0) is 6.54 Å². The number of rotatable bonds is 4. The van der Waals surface area contributed by atoms with Gasteiger partial charge < -0.3 is 5.32 Å². The fraction of sp³-hybridized carbons (Fsp3) is 0.0526. The molecule has 0 bridgehead atoms. The van der Waals surface area contributed by atoms with Gasteiger partial charge in [-0.1, -0.05) is 36.4 Å². The number of hydrogen-bond acceptors (Lipinski definition) is 3. The van der Waals surface area contributed by atoms with Crippen LogP contribution in [0.3, 0.4) is 0 Å². The molecule has 25 heavy (non-hydrogen) atoms. The summed E-state index contributed by atoms with van der Waals surface area (Å²) in [5.74, 6) is -0.158. The molecular weight excluding hydrogens is 445 g/mol. The molecule has 3 aromatic heterocycles. The maximum Gasteiger partial charge on any atom is 0.272 e. The number of fused-ring (bicyclic) bond motifs is 1. The van der Waals surface area contributed by atoms with Gasteiger partial charge in [0.25, 0.3) is 5.91 Å². The summed E-state index contributed by atoms with van der Waals surface area (Å²) in [4.78, 5) is 13.5. The summed E-state index contributed by atoms with van der Waals surface area (Å²) >= 11 is 3.87. The number of carbonyl (C=O) groups is 1. The summed E-state index contributed by atoms with van der Waals surface area (Å²) in [6.07, 6.45) is 0. The highest BCUT2D eigenvalue weighted by Crippen LogP contribution is 2.24. The zero-order chi connectivity index (χ0) is 17.2. The molecule has 0 saturated heterocycles. The largest absolute Gasteiger partial charge is 0.346 e. The molecule has 6 heteroatoms. The number of thiophene rings is 1. The number of halogens is 1. The number of hydrogen-bond donors (Lipinski definition) is 1. The Morgan fingerprint density at radius 1 is 1.08 bits per heavy atom. The lowest BCUT2D eigenvalue weighted by atomic mass is 10.1. The van der Waals surface area contributed by atoms with Crippen LogP contribution >= 0.6 is 33.9 Å². The first-order valence-electron chi connectivity index (χ1n) is 7.76. The zero-order valence-electron chi connectivity index (χ0n) is 13.1. The Kier molecular flexibility index (Phi) is 4.54. The van der Waals surface area contributed by atoms with E-state index in [4.69, 9.17) is 0 Å². The monoisotopic (exact) mass is 459 g/mol. The van der Waals surface area contributed by atoms with Crippen molar-refractivity contribution < 1.29 is 4.79 Å². The maximum absolute atomic E-state index is 12.4. The molecule has 0 radical (unpaired) electrons. The van der Waals surface area contributed by atoms with Crippen LogP contribution in [0.2, 0.25) is 0 Å². The molecule has 4 aromatic rings. The summed E-state index contributed by atoms with van der Waals surface area (Å²) < 4.78 is 2.76. The van der Waals surface area contributed by atoms with E-state index >= 15 is 0 Å².